The molecular weight excluding hydrogens is 296 g/mol. The summed E-state index contributed by atoms with van der Waals surface area (Å²) in [5, 5.41) is 0. The molecule has 0 fully saturated rings. The van der Waals surface area contributed by atoms with E-state index in [9.17, 15) is 0 Å². The highest BCUT2D eigenvalue weighted by molar-refractivity contribution is 4.72. The summed E-state index contributed by atoms with van der Waals surface area (Å²) in [6.07, 6.45) is 12.6. The summed E-state index contributed by atoms with van der Waals surface area (Å²) in [5.41, 5.74) is 22.7. The number of hydrogen-bond donors (Lipinski definition) is 4. The quantitative estimate of drug-likeness (QED) is 0.360. The lowest BCUT2D eigenvalue weighted by atomic mass is 9.83. The van der Waals surface area contributed by atoms with E-state index in [1.807, 2.05) is 0 Å². The summed E-state index contributed by atoms with van der Waals surface area (Å²) in [4.78, 5) is 0. The Morgan fingerprint density at radius 3 is 1.00 bits per heavy atom. The third kappa shape index (κ3) is 19.9. The van der Waals surface area contributed by atoms with Gasteiger partial charge in [0.2, 0.25) is 0 Å². The first-order chi connectivity index (χ1) is 11.2. The first-order valence-corrected chi connectivity index (χ1v) is 10.0. The van der Waals surface area contributed by atoms with Crippen molar-refractivity contribution in [1.82, 2.24) is 0 Å². The van der Waals surface area contributed by atoms with Crippen LogP contribution in [-0.4, -0.2) is 26.2 Å². The summed E-state index contributed by atoms with van der Waals surface area (Å²) in [6, 6.07) is 0. The largest absolute Gasteiger partial charge is 0.330 e. The van der Waals surface area contributed by atoms with Gasteiger partial charge in [-0.3, -0.25) is 0 Å². The molecule has 24 heavy (non-hydrogen) atoms. The fraction of sp³-hybridized carbons (Fsp3) is 1.00. The standard InChI is InChI=1S/C12H28N2.C8H20N2/c1-11(2,9-13)7-5-6-8-12(3,4)10-14;9-7-5-3-1-2-4-6-8-10/h5-10,13-14H2,1-4H3;1-10H2. The number of rotatable bonds is 14. The number of hydrogen-bond acceptors (Lipinski definition) is 4. The van der Waals surface area contributed by atoms with Crippen molar-refractivity contribution < 1.29 is 0 Å². The van der Waals surface area contributed by atoms with Gasteiger partial charge in [0.1, 0.15) is 0 Å². The molecule has 0 aromatic heterocycles. The van der Waals surface area contributed by atoms with Crippen molar-refractivity contribution in [2.45, 2.75) is 91.9 Å². The Hall–Kier alpha value is -0.160. The van der Waals surface area contributed by atoms with Crippen molar-refractivity contribution in [2.24, 2.45) is 33.8 Å². The number of unbranched alkanes of at least 4 members (excludes halogenated alkanes) is 6. The van der Waals surface area contributed by atoms with Crippen molar-refractivity contribution in [3.05, 3.63) is 0 Å². The van der Waals surface area contributed by atoms with E-state index in [-0.39, 0.29) is 0 Å². The smallest absolute Gasteiger partial charge is 0.00258 e. The Bertz CT molecular complexity index is 226. The van der Waals surface area contributed by atoms with Gasteiger partial charge in [-0.2, -0.15) is 0 Å². The molecule has 8 N–H and O–H groups in total. The van der Waals surface area contributed by atoms with Crippen LogP contribution >= 0.6 is 0 Å². The van der Waals surface area contributed by atoms with Crippen LogP contribution in [0.2, 0.25) is 0 Å². The van der Waals surface area contributed by atoms with Crippen molar-refractivity contribution in [3.63, 3.8) is 0 Å². The van der Waals surface area contributed by atoms with Crippen molar-refractivity contribution in [2.75, 3.05) is 26.2 Å². The highest BCUT2D eigenvalue weighted by atomic mass is 14.6. The van der Waals surface area contributed by atoms with Crippen LogP contribution < -0.4 is 22.9 Å². The van der Waals surface area contributed by atoms with Gasteiger partial charge in [0.25, 0.3) is 0 Å². The molecule has 0 aliphatic carbocycles. The van der Waals surface area contributed by atoms with Gasteiger partial charge in [-0.25, -0.2) is 0 Å². The average molecular weight is 345 g/mol. The van der Waals surface area contributed by atoms with E-state index in [0.717, 1.165) is 26.2 Å². The molecule has 0 rings (SSSR count). The molecule has 0 amide bonds. The lowest BCUT2D eigenvalue weighted by Gasteiger charge is -2.25. The minimum absolute atomic E-state index is 0.312. The maximum Gasteiger partial charge on any atom is -0.00258 e. The Morgan fingerprint density at radius 2 is 0.750 bits per heavy atom. The first-order valence-electron chi connectivity index (χ1n) is 10.0. The highest BCUT2D eigenvalue weighted by Gasteiger charge is 2.17. The number of nitrogens with two attached hydrogens (primary N) is 4. The molecule has 4 heteroatoms. The summed E-state index contributed by atoms with van der Waals surface area (Å²) < 4.78 is 0. The van der Waals surface area contributed by atoms with Gasteiger partial charge in [0.05, 0.1) is 0 Å². The molecule has 4 nitrogen and oxygen atoms in total. The molecule has 0 heterocycles. The van der Waals surface area contributed by atoms with Gasteiger partial charge < -0.3 is 22.9 Å². The highest BCUT2D eigenvalue weighted by Crippen LogP contribution is 2.26. The molecule has 148 valence electrons. The molecular formula is C20H48N4. The van der Waals surface area contributed by atoms with E-state index in [0.29, 0.717) is 10.8 Å². The van der Waals surface area contributed by atoms with Gasteiger partial charge in [0.15, 0.2) is 0 Å². The van der Waals surface area contributed by atoms with Crippen LogP contribution in [0.4, 0.5) is 0 Å². The molecule has 0 spiro atoms. The first kappa shape index (κ1) is 26.1. The molecule has 0 unspecified atom stereocenters. The summed E-state index contributed by atoms with van der Waals surface area (Å²) >= 11 is 0. The SMILES string of the molecule is CC(C)(CN)CCCCC(C)(C)CN.NCCCCCCCCN. The van der Waals surface area contributed by atoms with E-state index < -0.39 is 0 Å². The van der Waals surface area contributed by atoms with Crippen LogP contribution in [0.5, 0.6) is 0 Å². The monoisotopic (exact) mass is 344 g/mol. The third-order valence-corrected chi connectivity index (χ3v) is 4.72. The average Bonchev–Trinajstić information content (AvgIpc) is 2.56. The van der Waals surface area contributed by atoms with Crippen molar-refractivity contribution in [1.29, 1.82) is 0 Å². The zero-order valence-corrected chi connectivity index (χ0v) is 17.2. The Kier molecular flexibility index (Phi) is 17.7. The maximum atomic E-state index is 5.68. The normalized spacial score (nSPS) is 12.0. The van der Waals surface area contributed by atoms with E-state index >= 15 is 0 Å². The van der Waals surface area contributed by atoms with Gasteiger partial charge in [-0.15, -0.1) is 0 Å². The second-order valence-electron chi connectivity index (χ2n) is 8.64. The summed E-state index contributed by atoms with van der Waals surface area (Å²) in [6.45, 7) is 12.2. The molecule has 0 bridgehead atoms. The molecule has 0 radical (unpaired) electrons. The second-order valence-corrected chi connectivity index (χ2v) is 8.64. The van der Waals surface area contributed by atoms with Crippen LogP contribution in [0.3, 0.4) is 0 Å². The predicted molar refractivity (Wildman–Crippen MR) is 110 cm³/mol. The minimum Gasteiger partial charge on any atom is -0.330 e. The molecule has 0 aromatic rings. The van der Waals surface area contributed by atoms with Crippen molar-refractivity contribution >= 4 is 0 Å². The molecule has 0 atom stereocenters. The Labute approximate surface area is 152 Å². The van der Waals surface area contributed by atoms with E-state index in [1.165, 1.54) is 64.2 Å². The second kappa shape index (κ2) is 16.3. The van der Waals surface area contributed by atoms with Crippen LogP contribution in [0.15, 0.2) is 0 Å². The zero-order valence-electron chi connectivity index (χ0n) is 17.2. The minimum atomic E-state index is 0.312. The lowest BCUT2D eigenvalue weighted by molar-refractivity contribution is 0.294. The fourth-order valence-corrected chi connectivity index (χ4v) is 2.41. The van der Waals surface area contributed by atoms with E-state index in [1.54, 1.807) is 0 Å². The molecule has 0 aromatic carbocycles. The molecule has 0 aliphatic rings. The van der Waals surface area contributed by atoms with Crippen LogP contribution in [0.1, 0.15) is 91.9 Å². The zero-order chi connectivity index (χ0) is 18.9. The van der Waals surface area contributed by atoms with Crippen molar-refractivity contribution in [3.8, 4) is 0 Å². The lowest BCUT2D eigenvalue weighted by Crippen LogP contribution is -2.25. The summed E-state index contributed by atoms with van der Waals surface area (Å²) in [5.74, 6) is 0. The Morgan fingerprint density at radius 1 is 0.458 bits per heavy atom. The van der Waals surface area contributed by atoms with Gasteiger partial charge in [0, 0.05) is 0 Å². The third-order valence-electron chi connectivity index (χ3n) is 4.72. The predicted octanol–water partition coefficient (Wildman–Crippen LogP) is 3.76. The van der Waals surface area contributed by atoms with Gasteiger partial charge >= 0.3 is 0 Å². The molecule has 0 saturated heterocycles. The molecule has 0 aliphatic heterocycles. The topological polar surface area (TPSA) is 104 Å². The maximum absolute atomic E-state index is 5.68. The van der Waals surface area contributed by atoms with Crippen LogP contribution in [0, 0.1) is 10.8 Å². The van der Waals surface area contributed by atoms with Crippen LogP contribution in [0.25, 0.3) is 0 Å². The Balaban J connectivity index is 0. The van der Waals surface area contributed by atoms with E-state index in [4.69, 9.17) is 22.9 Å². The van der Waals surface area contributed by atoms with Gasteiger partial charge in [-0.05, 0) is 62.7 Å². The summed E-state index contributed by atoms with van der Waals surface area (Å²) in [7, 11) is 0. The van der Waals surface area contributed by atoms with Gasteiger partial charge in [-0.1, -0.05) is 66.2 Å². The van der Waals surface area contributed by atoms with E-state index in [2.05, 4.69) is 27.7 Å². The molecule has 0 saturated carbocycles. The fourth-order valence-electron chi connectivity index (χ4n) is 2.41. The van der Waals surface area contributed by atoms with Crippen LogP contribution in [-0.2, 0) is 0 Å².